The van der Waals surface area contributed by atoms with Gasteiger partial charge in [0, 0.05) is 29.6 Å². The Morgan fingerprint density at radius 3 is 2.43 bits per heavy atom. The van der Waals surface area contributed by atoms with Crippen molar-refractivity contribution in [2.45, 2.75) is 55.0 Å². The van der Waals surface area contributed by atoms with Crippen LogP contribution in [0.25, 0.3) is 0 Å². The zero-order valence-electron chi connectivity index (χ0n) is 19.4. The first-order valence-electron chi connectivity index (χ1n) is 11.6. The van der Waals surface area contributed by atoms with Gasteiger partial charge in [0.1, 0.15) is 17.7 Å². The van der Waals surface area contributed by atoms with Crippen LogP contribution in [0.1, 0.15) is 53.2 Å². The molecule has 2 aromatic rings. The van der Waals surface area contributed by atoms with Crippen LogP contribution in [0.4, 0.5) is 22.0 Å². The predicted octanol–water partition coefficient (Wildman–Crippen LogP) is 3.65. The SMILES string of the molecule is CS(=O)(=O)c1cc(C(=O)N2[C@@H](C(=O)N[C@@H](c3cc(F)c(C(F)(F)F)cc3F)C3CC3)C[C@H]3C[C@H]32)ccn1. The third-order valence-corrected chi connectivity index (χ3v) is 8.10. The van der Waals surface area contributed by atoms with Crippen molar-refractivity contribution in [2.75, 3.05) is 6.26 Å². The maximum atomic E-state index is 14.7. The number of aromatic nitrogens is 1. The number of piperidine rings is 1. The maximum Gasteiger partial charge on any atom is 0.419 e. The van der Waals surface area contributed by atoms with E-state index < -0.39 is 57.1 Å². The standard InChI is InChI=1S/C24H22F5N3O4S/c1-37(35,36)20-8-12(4-5-30-20)23(34)32-18-6-13(18)7-19(32)22(33)31-21(11-2-3-11)14-9-17(26)15(10-16(14)25)24(27,28)29/h4-5,8-11,13,18-19,21H,2-3,6-7H2,1H3,(H,31,33)/t13-,18-,19-,21-/m1/s1. The van der Waals surface area contributed by atoms with Gasteiger partial charge in [-0.15, -0.1) is 0 Å². The second-order valence-electron chi connectivity index (χ2n) is 9.86. The average molecular weight is 544 g/mol. The van der Waals surface area contributed by atoms with Gasteiger partial charge in [-0.3, -0.25) is 9.59 Å². The van der Waals surface area contributed by atoms with Crippen LogP contribution < -0.4 is 5.32 Å². The molecular formula is C24H22F5N3O4S. The zero-order chi connectivity index (χ0) is 26.9. The first-order valence-corrected chi connectivity index (χ1v) is 13.5. The highest BCUT2D eigenvalue weighted by atomic mass is 32.2. The second-order valence-corrected chi connectivity index (χ2v) is 11.8. The van der Waals surface area contributed by atoms with E-state index in [4.69, 9.17) is 0 Å². The second kappa shape index (κ2) is 8.74. The monoisotopic (exact) mass is 543 g/mol. The van der Waals surface area contributed by atoms with Crippen LogP contribution in [0.2, 0.25) is 0 Å². The Morgan fingerprint density at radius 2 is 1.81 bits per heavy atom. The van der Waals surface area contributed by atoms with E-state index >= 15 is 0 Å². The zero-order valence-corrected chi connectivity index (χ0v) is 20.2. The van der Waals surface area contributed by atoms with E-state index in [-0.39, 0.29) is 40.1 Å². The molecule has 0 spiro atoms. The Morgan fingerprint density at radius 1 is 1.11 bits per heavy atom. The molecule has 0 unspecified atom stereocenters. The summed E-state index contributed by atoms with van der Waals surface area (Å²) < 4.78 is 91.6. The van der Waals surface area contributed by atoms with Crippen molar-refractivity contribution in [1.82, 2.24) is 15.2 Å². The van der Waals surface area contributed by atoms with Gasteiger partial charge in [0.25, 0.3) is 5.91 Å². The lowest BCUT2D eigenvalue weighted by Crippen LogP contribution is -2.49. The van der Waals surface area contributed by atoms with Gasteiger partial charge in [0.2, 0.25) is 5.91 Å². The van der Waals surface area contributed by atoms with Crippen LogP contribution in [0.15, 0.2) is 35.5 Å². The number of hydrogen-bond donors (Lipinski definition) is 1. The maximum absolute atomic E-state index is 14.7. The molecule has 2 amide bonds. The van der Waals surface area contributed by atoms with Gasteiger partial charge in [-0.05, 0) is 61.8 Å². The smallest absolute Gasteiger partial charge is 0.347 e. The Kier molecular flexibility index (Phi) is 6.04. The predicted molar refractivity (Wildman–Crippen MR) is 119 cm³/mol. The molecule has 0 radical (unpaired) electrons. The van der Waals surface area contributed by atoms with Gasteiger partial charge in [-0.1, -0.05) is 0 Å². The number of fused-ring (bicyclic) bond motifs is 1. The van der Waals surface area contributed by atoms with Gasteiger partial charge in [-0.2, -0.15) is 13.2 Å². The summed E-state index contributed by atoms with van der Waals surface area (Å²) in [6.07, 6.45) is -0.804. The van der Waals surface area contributed by atoms with Crippen molar-refractivity contribution in [3.63, 3.8) is 0 Å². The summed E-state index contributed by atoms with van der Waals surface area (Å²) in [6, 6.07) is 0.809. The van der Waals surface area contributed by atoms with E-state index in [1.54, 1.807) is 0 Å². The summed E-state index contributed by atoms with van der Waals surface area (Å²) in [7, 11) is -3.68. The number of likely N-dealkylation sites (tertiary alicyclic amines) is 1. The molecule has 3 fully saturated rings. The molecule has 1 saturated heterocycles. The normalized spacial score (nSPS) is 23.9. The van der Waals surface area contributed by atoms with Crippen LogP contribution in [-0.4, -0.2) is 48.5 Å². The molecule has 4 atom stereocenters. The van der Waals surface area contributed by atoms with Crippen molar-refractivity contribution in [3.8, 4) is 0 Å². The average Bonchev–Trinajstić information content (AvgIpc) is 3.75. The van der Waals surface area contributed by atoms with Crippen LogP contribution in [-0.2, 0) is 20.8 Å². The third-order valence-electron chi connectivity index (χ3n) is 7.12. The number of alkyl halides is 3. The van der Waals surface area contributed by atoms with Crippen LogP contribution in [0.3, 0.4) is 0 Å². The molecule has 2 saturated carbocycles. The van der Waals surface area contributed by atoms with Crippen molar-refractivity contribution < 1.29 is 40.0 Å². The topological polar surface area (TPSA) is 96.4 Å². The van der Waals surface area contributed by atoms with E-state index in [1.807, 2.05) is 0 Å². The first-order chi connectivity index (χ1) is 17.3. The summed E-state index contributed by atoms with van der Waals surface area (Å²) in [5.41, 5.74) is -2.07. The number of nitrogens with one attached hydrogen (secondary N) is 1. The molecule has 0 bridgehead atoms. The number of halogens is 5. The summed E-state index contributed by atoms with van der Waals surface area (Å²) in [4.78, 5) is 31.8. The summed E-state index contributed by atoms with van der Waals surface area (Å²) >= 11 is 0. The molecule has 1 aliphatic heterocycles. The molecule has 7 nitrogen and oxygen atoms in total. The lowest BCUT2D eigenvalue weighted by Gasteiger charge is -2.29. The number of carbonyl (C=O) groups is 2. The molecule has 1 N–H and O–H groups in total. The fraction of sp³-hybridized carbons (Fsp3) is 0.458. The van der Waals surface area contributed by atoms with E-state index in [1.165, 1.54) is 17.2 Å². The summed E-state index contributed by atoms with van der Waals surface area (Å²) in [5, 5.41) is 2.36. The molecule has 2 heterocycles. The first kappa shape index (κ1) is 25.6. The highest BCUT2D eigenvalue weighted by Gasteiger charge is 2.56. The van der Waals surface area contributed by atoms with Gasteiger partial charge < -0.3 is 10.2 Å². The van der Waals surface area contributed by atoms with Crippen molar-refractivity contribution in [1.29, 1.82) is 0 Å². The molecule has 2 aliphatic carbocycles. The number of benzene rings is 1. The fourth-order valence-electron chi connectivity index (χ4n) is 5.02. The highest BCUT2D eigenvalue weighted by molar-refractivity contribution is 7.90. The molecule has 37 heavy (non-hydrogen) atoms. The third kappa shape index (κ3) is 4.92. The number of pyridine rings is 1. The molecular weight excluding hydrogens is 521 g/mol. The molecule has 3 aliphatic rings. The number of nitrogens with zero attached hydrogens (tertiary/aromatic N) is 2. The van der Waals surface area contributed by atoms with Gasteiger partial charge >= 0.3 is 6.18 Å². The van der Waals surface area contributed by atoms with Crippen molar-refractivity contribution >= 4 is 21.7 Å². The number of rotatable bonds is 6. The number of amides is 2. The summed E-state index contributed by atoms with van der Waals surface area (Å²) in [6.45, 7) is 0. The van der Waals surface area contributed by atoms with E-state index in [0.29, 0.717) is 31.7 Å². The highest BCUT2D eigenvalue weighted by Crippen LogP contribution is 2.49. The van der Waals surface area contributed by atoms with Crippen LogP contribution in [0, 0.1) is 23.5 Å². The van der Waals surface area contributed by atoms with Gasteiger partial charge in [0.05, 0.1) is 11.6 Å². The quantitative estimate of drug-likeness (QED) is 0.562. The van der Waals surface area contributed by atoms with E-state index in [9.17, 15) is 40.0 Å². The largest absolute Gasteiger partial charge is 0.419 e. The number of carbonyl (C=O) groups excluding carboxylic acids is 2. The lowest BCUT2D eigenvalue weighted by molar-refractivity contribution is -0.140. The molecule has 198 valence electrons. The minimum absolute atomic E-state index is 0.0374. The molecule has 1 aromatic heterocycles. The Hall–Kier alpha value is -3.09. The Bertz CT molecular complexity index is 1390. The number of sulfone groups is 1. The van der Waals surface area contributed by atoms with Crippen molar-refractivity contribution in [3.05, 3.63) is 58.8 Å². The molecule has 13 heteroatoms. The van der Waals surface area contributed by atoms with Crippen LogP contribution in [0.5, 0.6) is 0 Å². The number of hydrogen-bond acceptors (Lipinski definition) is 5. The van der Waals surface area contributed by atoms with Crippen molar-refractivity contribution in [2.24, 2.45) is 11.8 Å². The molecule has 5 rings (SSSR count). The van der Waals surface area contributed by atoms with Gasteiger partial charge in [0.15, 0.2) is 14.9 Å². The Balaban J connectivity index is 1.40. The minimum Gasteiger partial charge on any atom is -0.347 e. The van der Waals surface area contributed by atoms with Gasteiger partial charge in [-0.25, -0.2) is 22.2 Å². The minimum atomic E-state index is -5.07. The Labute approximate surface area is 209 Å². The van der Waals surface area contributed by atoms with E-state index in [2.05, 4.69) is 10.3 Å². The molecule has 1 aromatic carbocycles. The summed E-state index contributed by atoms with van der Waals surface area (Å²) in [5.74, 6) is -4.33. The lowest BCUT2D eigenvalue weighted by atomic mass is 9.98. The fourth-order valence-corrected chi connectivity index (χ4v) is 5.62. The van der Waals surface area contributed by atoms with E-state index in [0.717, 1.165) is 12.3 Å². The van der Waals surface area contributed by atoms with Crippen LogP contribution >= 0.6 is 0 Å².